The van der Waals surface area contributed by atoms with Crippen LogP contribution in [0.4, 0.5) is 17.6 Å². The second kappa shape index (κ2) is 9.25. The molecule has 0 atom stereocenters. The molecule has 0 aliphatic carbocycles. The van der Waals surface area contributed by atoms with Crippen LogP contribution in [0.1, 0.15) is 25.2 Å². The van der Waals surface area contributed by atoms with Crippen LogP contribution < -0.4 is 0 Å². The van der Waals surface area contributed by atoms with Crippen molar-refractivity contribution in [2.75, 3.05) is 0 Å². The van der Waals surface area contributed by atoms with E-state index < -0.39 is 28.9 Å². The van der Waals surface area contributed by atoms with E-state index in [0.29, 0.717) is 22.8 Å². The number of pyridine rings is 4. The van der Waals surface area contributed by atoms with Gasteiger partial charge in [0, 0.05) is 16.8 Å². The van der Waals surface area contributed by atoms with Gasteiger partial charge in [0.25, 0.3) is 0 Å². The van der Waals surface area contributed by atoms with Gasteiger partial charge in [0.1, 0.15) is 0 Å². The van der Waals surface area contributed by atoms with E-state index in [4.69, 9.17) is 0 Å². The molecule has 0 spiro atoms. The standard InChI is InChI=1S/C23H14F4N4.Pt/c1-23(2,19-7-3-5-17(30-19)13-9-15(24)21(26)28-11-13)20-8-4-6-18(31-20)14-10-16(25)22(27)29-12-14;/h3-8,11-12H,1-2H3;/q-2;+2. The average molecular weight is 617 g/mol. The molecule has 4 aromatic rings. The molecule has 0 radical (unpaired) electrons. The zero-order valence-corrected chi connectivity index (χ0v) is 19.0. The molecule has 4 aromatic heterocycles. The Labute approximate surface area is 196 Å². The predicted octanol–water partition coefficient (Wildman–Crippen LogP) is 5.08. The SMILES string of the molecule is CC(C)(c1cccc(-c2[c-]c(F)c(F)nc2)n1)c1cccc(-c2[c-]c(F)c(F)nc2)n1.[Pt+2]. The first kappa shape index (κ1) is 23.7. The zero-order valence-electron chi connectivity index (χ0n) is 16.7. The summed E-state index contributed by atoms with van der Waals surface area (Å²) in [7, 11) is 0. The maximum atomic E-state index is 13.5. The predicted molar refractivity (Wildman–Crippen MR) is 105 cm³/mol. The molecule has 0 N–H and O–H groups in total. The molecule has 32 heavy (non-hydrogen) atoms. The second-order valence-electron chi connectivity index (χ2n) is 7.24. The second-order valence-corrected chi connectivity index (χ2v) is 7.24. The van der Waals surface area contributed by atoms with Crippen LogP contribution in [0.2, 0.25) is 0 Å². The van der Waals surface area contributed by atoms with E-state index in [2.05, 4.69) is 32.1 Å². The third kappa shape index (κ3) is 4.60. The Balaban J connectivity index is 0.00000289. The quantitative estimate of drug-likeness (QED) is 0.182. The summed E-state index contributed by atoms with van der Waals surface area (Å²) < 4.78 is 53.3. The van der Waals surface area contributed by atoms with Crippen LogP contribution in [0.3, 0.4) is 0 Å². The number of nitrogens with zero attached hydrogens (tertiary/aromatic N) is 4. The van der Waals surface area contributed by atoms with Gasteiger partial charge in [0.15, 0.2) is 11.9 Å². The summed E-state index contributed by atoms with van der Waals surface area (Å²) in [5, 5.41) is 0. The van der Waals surface area contributed by atoms with Gasteiger partial charge in [0.05, 0.1) is 11.6 Å². The Bertz CT molecular complexity index is 1180. The fraction of sp³-hybridized carbons (Fsp3) is 0.130. The van der Waals surface area contributed by atoms with Crippen molar-refractivity contribution in [1.82, 2.24) is 19.9 Å². The van der Waals surface area contributed by atoms with Crippen LogP contribution in [0.25, 0.3) is 22.5 Å². The van der Waals surface area contributed by atoms with Gasteiger partial charge in [-0.25, -0.2) is 17.6 Å². The zero-order chi connectivity index (χ0) is 22.2. The van der Waals surface area contributed by atoms with Crippen molar-refractivity contribution in [2.24, 2.45) is 0 Å². The van der Waals surface area contributed by atoms with Crippen LogP contribution in [0.15, 0.2) is 48.8 Å². The number of halogens is 4. The summed E-state index contributed by atoms with van der Waals surface area (Å²) in [6, 6.07) is 14.9. The molecule has 0 aliphatic rings. The van der Waals surface area contributed by atoms with Gasteiger partial charge in [-0.05, 0) is 37.4 Å². The van der Waals surface area contributed by atoms with Gasteiger partial charge in [-0.3, -0.25) is 0 Å². The summed E-state index contributed by atoms with van der Waals surface area (Å²) in [5.74, 6) is -4.83. The fourth-order valence-corrected chi connectivity index (χ4v) is 3.02. The average Bonchev–Trinajstić information content (AvgIpc) is 2.77. The van der Waals surface area contributed by atoms with Crippen molar-refractivity contribution in [3.8, 4) is 22.5 Å². The van der Waals surface area contributed by atoms with Gasteiger partial charge < -0.3 is 19.9 Å². The van der Waals surface area contributed by atoms with E-state index in [9.17, 15) is 17.6 Å². The summed E-state index contributed by atoms with van der Waals surface area (Å²) in [5.41, 5.74) is 1.63. The molecule has 0 unspecified atom stereocenters. The van der Waals surface area contributed by atoms with Gasteiger partial charge in [-0.1, -0.05) is 48.8 Å². The van der Waals surface area contributed by atoms with Crippen LogP contribution >= 0.6 is 0 Å². The Morgan fingerprint density at radius 2 is 1.09 bits per heavy atom. The first-order valence-electron chi connectivity index (χ1n) is 9.18. The molecule has 0 saturated heterocycles. The third-order valence-electron chi connectivity index (χ3n) is 4.80. The number of hydrogen-bond acceptors (Lipinski definition) is 4. The summed E-state index contributed by atoms with van der Waals surface area (Å²) in [4.78, 5) is 15.9. The normalized spacial score (nSPS) is 11.2. The van der Waals surface area contributed by atoms with Crippen molar-refractivity contribution in [3.05, 3.63) is 95.8 Å². The molecule has 0 aromatic carbocycles. The van der Waals surface area contributed by atoms with Crippen molar-refractivity contribution in [3.63, 3.8) is 0 Å². The number of aromatic nitrogens is 4. The van der Waals surface area contributed by atoms with E-state index in [1.807, 2.05) is 13.8 Å². The topological polar surface area (TPSA) is 51.6 Å². The van der Waals surface area contributed by atoms with Crippen LogP contribution in [-0.4, -0.2) is 19.9 Å². The Hall–Kier alpha value is -2.99. The third-order valence-corrected chi connectivity index (χ3v) is 4.80. The molecular formula is C23H14F4N4Pt. The van der Waals surface area contributed by atoms with Crippen LogP contribution in [0.5, 0.6) is 0 Å². The molecule has 4 rings (SSSR count). The van der Waals surface area contributed by atoms with Crippen LogP contribution in [0, 0.1) is 35.7 Å². The monoisotopic (exact) mass is 617 g/mol. The molecule has 164 valence electrons. The van der Waals surface area contributed by atoms with E-state index >= 15 is 0 Å². The largest absolute Gasteiger partial charge is 2.00 e. The molecule has 4 nitrogen and oxygen atoms in total. The number of hydrogen-bond donors (Lipinski definition) is 0. The summed E-state index contributed by atoms with van der Waals surface area (Å²) >= 11 is 0. The van der Waals surface area contributed by atoms with Gasteiger partial charge in [-0.15, -0.1) is 11.1 Å². The minimum atomic E-state index is -1.23. The molecule has 0 amide bonds. The summed E-state index contributed by atoms with van der Waals surface area (Å²) in [6.45, 7) is 3.76. The molecule has 0 aliphatic heterocycles. The molecule has 0 fully saturated rings. The Morgan fingerprint density at radius 3 is 1.47 bits per heavy atom. The van der Waals surface area contributed by atoms with Crippen molar-refractivity contribution >= 4 is 0 Å². The molecule has 4 heterocycles. The molecule has 0 saturated carbocycles. The summed E-state index contributed by atoms with van der Waals surface area (Å²) in [6.07, 6.45) is 2.31. The Morgan fingerprint density at radius 1 is 0.688 bits per heavy atom. The van der Waals surface area contributed by atoms with Gasteiger partial charge >= 0.3 is 21.1 Å². The van der Waals surface area contributed by atoms with Gasteiger partial charge in [-0.2, -0.15) is 0 Å². The maximum Gasteiger partial charge on any atom is 2.00 e. The first-order chi connectivity index (χ1) is 14.8. The smallest absolute Gasteiger partial charge is 0.323 e. The molecule has 9 heteroatoms. The van der Waals surface area contributed by atoms with Crippen molar-refractivity contribution in [2.45, 2.75) is 19.3 Å². The van der Waals surface area contributed by atoms with Gasteiger partial charge in [0.2, 0.25) is 0 Å². The fourth-order valence-electron chi connectivity index (χ4n) is 3.02. The minimum absolute atomic E-state index is 0. The van der Waals surface area contributed by atoms with Crippen molar-refractivity contribution < 1.29 is 38.6 Å². The van der Waals surface area contributed by atoms with E-state index in [1.165, 1.54) is 0 Å². The first-order valence-corrected chi connectivity index (χ1v) is 9.18. The Kier molecular flexibility index (Phi) is 6.84. The molecule has 0 bridgehead atoms. The maximum absolute atomic E-state index is 13.5. The number of rotatable bonds is 4. The minimum Gasteiger partial charge on any atom is -0.323 e. The molecular weight excluding hydrogens is 603 g/mol. The van der Waals surface area contributed by atoms with Crippen LogP contribution in [-0.2, 0) is 26.5 Å². The van der Waals surface area contributed by atoms with E-state index in [0.717, 1.165) is 12.4 Å². The van der Waals surface area contributed by atoms with Crippen molar-refractivity contribution in [1.29, 1.82) is 0 Å². The van der Waals surface area contributed by atoms with E-state index in [1.54, 1.807) is 36.4 Å². The van der Waals surface area contributed by atoms with E-state index in [-0.39, 0.29) is 32.2 Å².